The van der Waals surface area contributed by atoms with Gasteiger partial charge in [0.1, 0.15) is 0 Å². The summed E-state index contributed by atoms with van der Waals surface area (Å²) in [5.41, 5.74) is 1.37. The smallest absolute Gasteiger partial charge is 0.307 e. The lowest BCUT2D eigenvalue weighted by molar-refractivity contribution is -0.136. The second kappa shape index (κ2) is 6.61. The lowest BCUT2D eigenvalue weighted by atomic mass is 10.1. The van der Waals surface area contributed by atoms with Crippen LogP contribution in [0.25, 0.3) is 0 Å². The number of carboxylic acid groups (broad SMARTS) is 1. The van der Waals surface area contributed by atoms with Crippen molar-refractivity contribution in [2.24, 2.45) is 0 Å². The van der Waals surface area contributed by atoms with Crippen molar-refractivity contribution in [2.75, 3.05) is 11.1 Å². The monoisotopic (exact) mass is 279 g/mol. The van der Waals surface area contributed by atoms with Crippen molar-refractivity contribution in [1.29, 1.82) is 0 Å². The van der Waals surface area contributed by atoms with E-state index in [-0.39, 0.29) is 17.6 Å². The van der Waals surface area contributed by atoms with Crippen LogP contribution in [0.4, 0.5) is 5.69 Å². The fraction of sp³-hybridized carbons (Fsp3) is 0.429. The number of rotatable bonds is 4. The summed E-state index contributed by atoms with van der Waals surface area (Å²) in [6.45, 7) is 0. The molecule has 1 aromatic carbocycles. The molecule has 1 aromatic rings. The SMILES string of the molecule is O=C(O)Cc1cccc(NC(=O)C2CCCCS2)c1. The number of hydrogen-bond acceptors (Lipinski definition) is 3. The minimum atomic E-state index is -0.869. The summed E-state index contributed by atoms with van der Waals surface area (Å²) in [5, 5.41) is 11.7. The van der Waals surface area contributed by atoms with Gasteiger partial charge in [0.05, 0.1) is 11.7 Å². The lowest BCUT2D eigenvalue weighted by Gasteiger charge is -2.20. The molecule has 2 N–H and O–H groups in total. The molecule has 1 unspecified atom stereocenters. The van der Waals surface area contributed by atoms with E-state index in [9.17, 15) is 9.59 Å². The topological polar surface area (TPSA) is 66.4 Å². The third kappa shape index (κ3) is 4.28. The Morgan fingerprint density at radius 1 is 1.37 bits per heavy atom. The molecule has 0 spiro atoms. The molecule has 1 atom stereocenters. The molecule has 0 radical (unpaired) electrons. The third-order valence-corrected chi connectivity index (χ3v) is 4.40. The van der Waals surface area contributed by atoms with Gasteiger partial charge in [-0.05, 0) is 36.3 Å². The summed E-state index contributed by atoms with van der Waals surface area (Å²) in [6, 6.07) is 7.03. The first-order valence-electron chi connectivity index (χ1n) is 6.38. The van der Waals surface area contributed by atoms with Gasteiger partial charge in [-0.3, -0.25) is 9.59 Å². The molecule has 1 amide bonds. The molecule has 4 nitrogen and oxygen atoms in total. The van der Waals surface area contributed by atoms with E-state index in [0.29, 0.717) is 11.3 Å². The Morgan fingerprint density at radius 2 is 2.21 bits per heavy atom. The van der Waals surface area contributed by atoms with Gasteiger partial charge in [0.15, 0.2) is 0 Å². The highest BCUT2D eigenvalue weighted by molar-refractivity contribution is 8.00. The quantitative estimate of drug-likeness (QED) is 0.889. The standard InChI is InChI=1S/C14H17NO3S/c16-13(17)9-10-4-3-5-11(8-10)15-14(18)12-6-1-2-7-19-12/h3-5,8,12H,1-2,6-7,9H2,(H,15,18)(H,16,17). The molecule has 1 aliphatic heterocycles. The van der Waals surface area contributed by atoms with Gasteiger partial charge in [-0.25, -0.2) is 0 Å². The second-order valence-corrected chi connectivity index (χ2v) is 5.93. The van der Waals surface area contributed by atoms with Crippen LogP contribution in [0.2, 0.25) is 0 Å². The summed E-state index contributed by atoms with van der Waals surface area (Å²) in [4.78, 5) is 22.7. The molecule has 102 valence electrons. The van der Waals surface area contributed by atoms with Crippen molar-refractivity contribution in [2.45, 2.75) is 30.9 Å². The average molecular weight is 279 g/mol. The fourth-order valence-electron chi connectivity index (χ4n) is 2.10. The minimum absolute atomic E-state index is 0.0249. The largest absolute Gasteiger partial charge is 0.481 e. The Kier molecular flexibility index (Phi) is 4.85. The van der Waals surface area contributed by atoms with Crippen molar-refractivity contribution in [1.82, 2.24) is 0 Å². The van der Waals surface area contributed by atoms with Gasteiger partial charge >= 0.3 is 5.97 Å². The average Bonchev–Trinajstić information content (AvgIpc) is 2.39. The Labute approximate surface area is 116 Å². The summed E-state index contributed by atoms with van der Waals surface area (Å²) in [7, 11) is 0. The van der Waals surface area contributed by atoms with Crippen LogP contribution < -0.4 is 5.32 Å². The predicted octanol–water partition coefficient (Wildman–Crippen LogP) is 2.54. The maximum absolute atomic E-state index is 12.1. The first kappa shape index (κ1) is 13.9. The highest BCUT2D eigenvalue weighted by Crippen LogP contribution is 2.26. The van der Waals surface area contributed by atoms with Crippen LogP contribution in [0, 0.1) is 0 Å². The number of hydrogen-bond donors (Lipinski definition) is 2. The molecular weight excluding hydrogens is 262 g/mol. The number of carboxylic acids is 1. The summed E-state index contributed by atoms with van der Waals surface area (Å²) >= 11 is 1.70. The van der Waals surface area contributed by atoms with Crippen LogP contribution >= 0.6 is 11.8 Å². The van der Waals surface area contributed by atoms with Crippen LogP contribution in [0.1, 0.15) is 24.8 Å². The molecule has 5 heteroatoms. The number of aliphatic carboxylic acids is 1. The van der Waals surface area contributed by atoms with Gasteiger partial charge in [0.25, 0.3) is 0 Å². The van der Waals surface area contributed by atoms with Crippen molar-refractivity contribution < 1.29 is 14.7 Å². The highest BCUT2D eigenvalue weighted by atomic mass is 32.2. The molecule has 0 saturated carbocycles. The lowest BCUT2D eigenvalue weighted by Crippen LogP contribution is -2.27. The normalized spacial score (nSPS) is 18.8. The van der Waals surface area contributed by atoms with Crippen LogP contribution in [0.15, 0.2) is 24.3 Å². The predicted molar refractivity (Wildman–Crippen MR) is 76.5 cm³/mol. The van der Waals surface area contributed by atoms with Crippen molar-refractivity contribution >= 4 is 29.3 Å². The van der Waals surface area contributed by atoms with E-state index in [1.54, 1.807) is 36.0 Å². The summed E-state index contributed by atoms with van der Waals surface area (Å²) < 4.78 is 0. The molecule has 19 heavy (non-hydrogen) atoms. The minimum Gasteiger partial charge on any atom is -0.481 e. The van der Waals surface area contributed by atoms with E-state index in [1.807, 2.05) is 0 Å². The van der Waals surface area contributed by atoms with E-state index >= 15 is 0 Å². The fourth-order valence-corrected chi connectivity index (χ4v) is 3.30. The van der Waals surface area contributed by atoms with Gasteiger partial charge in [-0.2, -0.15) is 0 Å². The molecule has 1 saturated heterocycles. The molecule has 0 aliphatic carbocycles. The molecule has 0 aromatic heterocycles. The number of benzene rings is 1. The molecule has 1 heterocycles. The molecule has 2 rings (SSSR count). The summed E-state index contributed by atoms with van der Waals surface area (Å²) in [5.74, 6) is 0.195. The van der Waals surface area contributed by atoms with E-state index < -0.39 is 5.97 Å². The van der Waals surface area contributed by atoms with Crippen LogP contribution in [0.3, 0.4) is 0 Å². The molecular formula is C14H17NO3S. The van der Waals surface area contributed by atoms with Gasteiger partial charge in [0.2, 0.25) is 5.91 Å². The number of amides is 1. The van der Waals surface area contributed by atoms with Gasteiger partial charge in [-0.15, -0.1) is 11.8 Å². The van der Waals surface area contributed by atoms with E-state index in [4.69, 9.17) is 5.11 Å². The van der Waals surface area contributed by atoms with Crippen molar-refractivity contribution in [3.8, 4) is 0 Å². The zero-order chi connectivity index (χ0) is 13.7. The second-order valence-electron chi connectivity index (χ2n) is 4.62. The zero-order valence-electron chi connectivity index (χ0n) is 10.6. The Balaban J connectivity index is 1.97. The van der Waals surface area contributed by atoms with E-state index in [1.165, 1.54) is 6.42 Å². The highest BCUT2D eigenvalue weighted by Gasteiger charge is 2.21. The van der Waals surface area contributed by atoms with Gasteiger partial charge < -0.3 is 10.4 Å². The summed E-state index contributed by atoms with van der Waals surface area (Å²) in [6.07, 6.45) is 3.18. The number of nitrogens with one attached hydrogen (secondary N) is 1. The first-order valence-corrected chi connectivity index (χ1v) is 7.43. The number of carbonyl (C=O) groups is 2. The third-order valence-electron chi connectivity index (χ3n) is 3.02. The van der Waals surface area contributed by atoms with Gasteiger partial charge in [-0.1, -0.05) is 18.6 Å². The maximum Gasteiger partial charge on any atom is 0.307 e. The Morgan fingerprint density at radius 3 is 2.89 bits per heavy atom. The molecule has 0 bridgehead atoms. The number of thioether (sulfide) groups is 1. The van der Waals surface area contributed by atoms with Crippen LogP contribution in [0.5, 0.6) is 0 Å². The molecule has 1 fully saturated rings. The van der Waals surface area contributed by atoms with Crippen molar-refractivity contribution in [3.63, 3.8) is 0 Å². The van der Waals surface area contributed by atoms with E-state index in [2.05, 4.69) is 5.32 Å². The maximum atomic E-state index is 12.1. The van der Waals surface area contributed by atoms with Crippen molar-refractivity contribution in [3.05, 3.63) is 29.8 Å². The number of carbonyl (C=O) groups excluding carboxylic acids is 1. The first-order chi connectivity index (χ1) is 9.15. The molecule has 1 aliphatic rings. The Hall–Kier alpha value is -1.49. The Bertz CT molecular complexity index is 470. The zero-order valence-corrected chi connectivity index (χ0v) is 11.4. The number of anilines is 1. The van der Waals surface area contributed by atoms with Crippen LogP contribution in [-0.2, 0) is 16.0 Å². The van der Waals surface area contributed by atoms with Gasteiger partial charge in [0, 0.05) is 5.69 Å². The van der Waals surface area contributed by atoms with E-state index in [0.717, 1.165) is 18.6 Å². The van der Waals surface area contributed by atoms with Crippen LogP contribution in [-0.4, -0.2) is 28.0 Å².